The first kappa shape index (κ1) is 14.1. The molecule has 2 fully saturated rings. The van der Waals surface area contributed by atoms with Crippen molar-refractivity contribution in [1.82, 2.24) is 4.90 Å². The van der Waals surface area contributed by atoms with Crippen LogP contribution in [0, 0.1) is 5.92 Å². The van der Waals surface area contributed by atoms with Crippen LogP contribution in [0.4, 0.5) is 13.2 Å². The van der Waals surface area contributed by atoms with Gasteiger partial charge in [-0.25, -0.2) is 0 Å². The van der Waals surface area contributed by atoms with Crippen LogP contribution in [0.15, 0.2) is 0 Å². The number of ether oxygens (including phenoxy) is 1. The van der Waals surface area contributed by atoms with E-state index < -0.39 is 29.7 Å². The number of carboxylic acid groups (broad SMARTS) is 1. The van der Waals surface area contributed by atoms with Crippen LogP contribution in [-0.2, 0) is 14.3 Å². The molecule has 0 aromatic rings. The molecular weight excluding hydrogens is 267 g/mol. The van der Waals surface area contributed by atoms with Gasteiger partial charge >= 0.3 is 18.1 Å². The van der Waals surface area contributed by atoms with Gasteiger partial charge in [-0.2, -0.15) is 13.2 Å². The van der Waals surface area contributed by atoms with E-state index in [2.05, 4.69) is 0 Å². The molecule has 0 unspecified atom stereocenters. The quantitative estimate of drug-likeness (QED) is 0.839. The number of hydrogen-bond acceptors (Lipinski definition) is 3. The van der Waals surface area contributed by atoms with E-state index in [-0.39, 0.29) is 25.3 Å². The summed E-state index contributed by atoms with van der Waals surface area (Å²) in [5, 5.41) is 8.83. The molecule has 0 aromatic heterocycles. The van der Waals surface area contributed by atoms with Gasteiger partial charge < -0.3 is 14.7 Å². The van der Waals surface area contributed by atoms with E-state index in [1.54, 1.807) is 0 Å². The summed E-state index contributed by atoms with van der Waals surface area (Å²) in [6, 6.07) is -0.562. The fraction of sp³-hybridized carbons (Fsp3) is 0.818. The molecule has 3 atom stereocenters. The van der Waals surface area contributed by atoms with Gasteiger partial charge in [-0.1, -0.05) is 0 Å². The second-order valence-electron chi connectivity index (χ2n) is 5.00. The largest absolute Gasteiger partial charge is 0.481 e. The second kappa shape index (κ2) is 4.36. The Labute approximate surface area is 107 Å². The molecule has 1 saturated carbocycles. The number of likely N-dealkylation sites (tertiary alicyclic amines) is 1. The highest BCUT2D eigenvalue weighted by molar-refractivity contribution is 5.82. The highest BCUT2D eigenvalue weighted by Crippen LogP contribution is 2.52. The maximum absolute atomic E-state index is 12.4. The van der Waals surface area contributed by atoms with Crippen molar-refractivity contribution in [2.75, 3.05) is 13.7 Å². The number of rotatable bonds is 3. The molecule has 19 heavy (non-hydrogen) atoms. The highest BCUT2D eigenvalue weighted by Gasteiger charge is 2.62. The van der Waals surface area contributed by atoms with Gasteiger partial charge in [0.15, 0.2) is 0 Å². The Morgan fingerprint density at radius 2 is 2.11 bits per heavy atom. The van der Waals surface area contributed by atoms with Crippen LogP contribution in [-0.4, -0.2) is 53.4 Å². The number of nitrogens with zero attached hydrogens (tertiary/aromatic N) is 1. The molecule has 1 aliphatic heterocycles. The van der Waals surface area contributed by atoms with Crippen molar-refractivity contribution >= 4 is 11.9 Å². The molecule has 0 aromatic carbocycles. The number of aliphatic carboxylic acids is 1. The number of halogens is 3. The minimum Gasteiger partial charge on any atom is -0.481 e. The molecule has 108 valence electrons. The molecule has 1 N–H and O–H groups in total. The van der Waals surface area contributed by atoms with Gasteiger partial charge in [0.25, 0.3) is 0 Å². The SMILES string of the molecule is CO[C@]1(CC(=O)O)C[C@@H]2[C@H]1CCN2C(=O)C(F)(F)F. The summed E-state index contributed by atoms with van der Waals surface area (Å²) < 4.78 is 42.4. The van der Waals surface area contributed by atoms with Crippen LogP contribution >= 0.6 is 0 Å². The predicted molar refractivity (Wildman–Crippen MR) is 56.3 cm³/mol. The maximum Gasteiger partial charge on any atom is 0.471 e. The molecule has 1 saturated heterocycles. The number of hydrogen-bond donors (Lipinski definition) is 1. The lowest BCUT2D eigenvalue weighted by Gasteiger charge is -2.52. The molecule has 0 spiro atoms. The molecule has 1 heterocycles. The third-order valence-corrected chi connectivity index (χ3v) is 4.14. The molecule has 2 aliphatic rings. The molecule has 5 nitrogen and oxygen atoms in total. The normalized spacial score (nSPS) is 33.8. The van der Waals surface area contributed by atoms with Crippen molar-refractivity contribution in [2.45, 2.75) is 37.1 Å². The summed E-state index contributed by atoms with van der Waals surface area (Å²) in [5.74, 6) is -3.24. The number of fused-ring (bicyclic) bond motifs is 1. The molecule has 2 rings (SSSR count). The van der Waals surface area contributed by atoms with Crippen LogP contribution in [0.25, 0.3) is 0 Å². The van der Waals surface area contributed by atoms with Crippen molar-refractivity contribution < 1.29 is 32.6 Å². The smallest absolute Gasteiger partial charge is 0.471 e. The van der Waals surface area contributed by atoms with Crippen LogP contribution in [0.1, 0.15) is 19.3 Å². The summed E-state index contributed by atoms with van der Waals surface area (Å²) in [7, 11) is 1.35. The molecule has 1 aliphatic carbocycles. The van der Waals surface area contributed by atoms with Gasteiger partial charge in [0.2, 0.25) is 0 Å². The number of carbonyl (C=O) groups is 2. The summed E-state index contributed by atoms with van der Waals surface area (Å²) in [6.07, 6.45) is -4.65. The summed E-state index contributed by atoms with van der Waals surface area (Å²) in [6.45, 7) is -0.00158. The summed E-state index contributed by atoms with van der Waals surface area (Å²) in [4.78, 5) is 22.8. The van der Waals surface area contributed by atoms with Gasteiger partial charge in [-0.05, 0) is 12.8 Å². The fourth-order valence-corrected chi connectivity index (χ4v) is 3.25. The maximum atomic E-state index is 12.4. The van der Waals surface area contributed by atoms with Gasteiger partial charge in [0, 0.05) is 25.6 Å². The Morgan fingerprint density at radius 1 is 1.47 bits per heavy atom. The van der Waals surface area contributed by atoms with Gasteiger partial charge in [0.1, 0.15) is 0 Å². The zero-order chi connectivity index (χ0) is 14.4. The third-order valence-electron chi connectivity index (χ3n) is 4.14. The third kappa shape index (κ3) is 2.18. The van der Waals surface area contributed by atoms with E-state index in [9.17, 15) is 22.8 Å². The molecule has 0 radical (unpaired) electrons. The monoisotopic (exact) mass is 281 g/mol. The average molecular weight is 281 g/mol. The predicted octanol–water partition coefficient (Wildman–Crippen LogP) is 1.03. The fourth-order valence-electron chi connectivity index (χ4n) is 3.25. The Hall–Kier alpha value is -1.31. The van der Waals surface area contributed by atoms with Gasteiger partial charge in [0.05, 0.1) is 12.0 Å². The summed E-state index contributed by atoms with van der Waals surface area (Å²) in [5.41, 5.74) is -0.933. The highest BCUT2D eigenvalue weighted by atomic mass is 19.4. The Bertz CT molecular complexity index is 411. The van der Waals surface area contributed by atoms with Crippen molar-refractivity contribution in [3.63, 3.8) is 0 Å². The zero-order valence-electron chi connectivity index (χ0n) is 10.2. The molecular formula is C11H14F3NO4. The van der Waals surface area contributed by atoms with Crippen LogP contribution in [0.2, 0.25) is 0 Å². The van der Waals surface area contributed by atoms with Gasteiger partial charge in [-0.3, -0.25) is 9.59 Å². The minimum absolute atomic E-state index is 0.00158. The number of carbonyl (C=O) groups excluding carboxylic acids is 1. The first-order chi connectivity index (χ1) is 8.71. The summed E-state index contributed by atoms with van der Waals surface area (Å²) >= 11 is 0. The number of methoxy groups -OCH3 is 1. The Balaban J connectivity index is 2.09. The number of alkyl halides is 3. The lowest BCUT2D eigenvalue weighted by molar-refractivity contribution is -0.199. The van der Waals surface area contributed by atoms with Crippen molar-refractivity contribution in [3.8, 4) is 0 Å². The van der Waals surface area contributed by atoms with E-state index in [0.717, 1.165) is 4.90 Å². The number of amides is 1. The van der Waals surface area contributed by atoms with E-state index in [0.29, 0.717) is 6.42 Å². The topological polar surface area (TPSA) is 66.8 Å². The van der Waals surface area contributed by atoms with Crippen LogP contribution in [0.3, 0.4) is 0 Å². The molecule has 1 amide bonds. The second-order valence-corrected chi connectivity index (χ2v) is 5.00. The average Bonchev–Trinajstić information content (AvgIpc) is 2.61. The lowest BCUT2D eigenvalue weighted by atomic mass is 9.64. The van der Waals surface area contributed by atoms with Gasteiger partial charge in [-0.15, -0.1) is 0 Å². The van der Waals surface area contributed by atoms with Crippen LogP contribution < -0.4 is 0 Å². The standard InChI is InChI=1S/C11H14F3NO4/c1-19-10(5-8(16)17)4-7-6(10)2-3-15(7)9(18)11(12,13)14/h6-7H,2-5H2,1H3,(H,16,17)/t6-,7-,10+/m1/s1. The minimum atomic E-state index is -4.88. The first-order valence-corrected chi connectivity index (χ1v) is 5.86. The Morgan fingerprint density at radius 3 is 2.58 bits per heavy atom. The van der Waals surface area contributed by atoms with E-state index >= 15 is 0 Å². The van der Waals surface area contributed by atoms with Crippen LogP contribution in [0.5, 0.6) is 0 Å². The number of carboxylic acids is 1. The van der Waals surface area contributed by atoms with E-state index in [1.165, 1.54) is 7.11 Å². The lowest BCUT2D eigenvalue weighted by Crippen LogP contribution is -2.62. The van der Waals surface area contributed by atoms with Crippen molar-refractivity contribution in [2.24, 2.45) is 5.92 Å². The molecule has 0 bridgehead atoms. The zero-order valence-corrected chi connectivity index (χ0v) is 10.2. The van der Waals surface area contributed by atoms with Crippen molar-refractivity contribution in [1.29, 1.82) is 0 Å². The molecule has 8 heteroatoms. The Kier molecular flexibility index (Phi) is 3.24. The first-order valence-electron chi connectivity index (χ1n) is 5.86. The van der Waals surface area contributed by atoms with E-state index in [1.807, 2.05) is 0 Å². The van der Waals surface area contributed by atoms with Crippen molar-refractivity contribution in [3.05, 3.63) is 0 Å². The van der Waals surface area contributed by atoms with E-state index in [4.69, 9.17) is 9.84 Å².